The molecule has 0 spiro atoms. The summed E-state index contributed by atoms with van der Waals surface area (Å²) in [4.78, 5) is 13.7. The summed E-state index contributed by atoms with van der Waals surface area (Å²) in [6.07, 6.45) is -0.635. The van der Waals surface area contributed by atoms with Crippen molar-refractivity contribution in [3.05, 3.63) is 29.8 Å². The van der Waals surface area contributed by atoms with Crippen LogP contribution in [0.2, 0.25) is 0 Å². The molecule has 0 aliphatic carbocycles. The van der Waals surface area contributed by atoms with E-state index in [1.807, 2.05) is 52.0 Å². The Labute approximate surface area is 109 Å². The van der Waals surface area contributed by atoms with Crippen LogP contribution in [0.15, 0.2) is 24.3 Å². The van der Waals surface area contributed by atoms with Gasteiger partial charge in [0.25, 0.3) is 0 Å². The van der Waals surface area contributed by atoms with Crippen molar-refractivity contribution in [2.75, 3.05) is 18.4 Å². The zero-order valence-electron chi connectivity index (χ0n) is 11.6. The molecule has 0 radical (unpaired) electrons. The average Bonchev–Trinajstić information content (AvgIpc) is 2.33. The monoisotopic (exact) mass is 250 g/mol. The normalized spacial score (nSPS) is 12.3. The molecule has 4 heteroatoms. The van der Waals surface area contributed by atoms with E-state index in [0.29, 0.717) is 0 Å². The van der Waals surface area contributed by atoms with Gasteiger partial charge in [-0.2, -0.15) is 0 Å². The maximum absolute atomic E-state index is 11.7. The van der Waals surface area contributed by atoms with Crippen molar-refractivity contribution in [2.45, 2.75) is 33.9 Å². The highest BCUT2D eigenvalue weighted by Crippen LogP contribution is 2.10. The molecule has 1 aromatic carbocycles. The van der Waals surface area contributed by atoms with E-state index in [1.54, 1.807) is 0 Å². The summed E-state index contributed by atoms with van der Waals surface area (Å²) in [5.74, 6) is 0. The summed E-state index contributed by atoms with van der Waals surface area (Å²) in [6, 6.07) is 7.62. The summed E-state index contributed by atoms with van der Waals surface area (Å²) < 4.78 is 5.30. The van der Waals surface area contributed by atoms with E-state index >= 15 is 0 Å². The van der Waals surface area contributed by atoms with Gasteiger partial charge in [0.2, 0.25) is 0 Å². The Bertz CT molecular complexity index is 372. The molecule has 1 N–H and O–H groups in total. The van der Waals surface area contributed by atoms with Crippen molar-refractivity contribution in [1.29, 1.82) is 0 Å². The lowest BCUT2D eigenvalue weighted by molar-refractivity contribution is 0.0114. The van der Waals surface area contributed by atoms with Crippen LogP contribution >= 0.6 is 0 Å². The molecule has 1 unspecified atom stereocenters. The molecular weight excluding hydrogens is 228 g/mol. The van der Waals surface area contributed by atoms with E-state index in [1.165, 1.54) is 0 Å². The standard InChI is InChI=1S/C14H22N2O2/c1-5-16(6-2)12(4)18-14(17)15-13-9-7-11(3)8-10-13/h7-10,12H,5-6H2,1-4H3,(H,15,17). The van der Waals surface area contributed by atoms with Crippen molar-refractivity contribution in [3.8, 4) is 0 Å². The van der Waals surface area contributed by atoms with Crippen molar-refractivity contribution < 1.29 is 9.53 Å². The number of nitrogens with zero attached hydrogens (tertiary/aromatic N) is 1. The summed E-state index contributed by atoms with van der Waals surface area (Å²) in [6.45, 7) is 9.68. The number of anilines is 1. The third kappa shape index (κ3) is 4.37. The predicted octanol–water partition coefficient (Wildman–Crippen LogP) is 3.23. The van der Waals surface area contributed by atoms with Crippen LogP contribution < -0.4 is 5.32 Å². The van der Waals surface area contributed by atoms with Crippen molar-refractivity contribution in [1.82, 2.24) is 4.90 Å². The van der Waals surface area contributed by atoms with Gasteiger partial charge in [0.15, 0.2) is 6.23 Å². The molecule has 0 aliphatic rings. The van der Waals surface area contributed by atoms with Gasteiger partial charge in [0, 0.05) is 5.69 Å². The van der Waals surface area contributed by atoms with Crippen LogP contribution in [0.5, 0.6) is 0 Å². The number of benzene rings is 1. The maximum Gasteiger partial charge on any atom is 0.413 e. The van der Waals surface area contributed by atoms with E-state index in [4.69, 9.17) is 4.74 Å². The number of carbonyl (C=O) groups excluding carboxylic acids is 1. The van der Waals surface area contributed by atoms with Crippen molar-refractivity contribution in [2.24, 2.45) is 0 Å². The number of amides is 1. The van der Waals surface area contributed by atoms with E-state index in [0.717, 1.165) is 24.3 Å². The zero-order valence-corrected chi connectivity index (χ0v) is 11.6. The third-order valence-electron chi connectivity index (χ3n) is 2.90. The lowest BCUT2D eigenvalue weighted by Crippen LogP contribution is -2.37. The highest BCUT2D eigenvalue weighted by atomic mass is 16.6. The molecule has 100 valence electrons. The van der Waals surface area contributed by atoms with Crippen LogP contribution in [0.3, 0.4) is 0 Å². The third-order valence-corrected chi connectivity index (χ3v) is 2.90. The fourth-order valence-corrected chi connectivity index (χ4v) is 1.75. The first-order valence-electron chi connectivity index (χ1n) is 6.35. The Morgan fingerprint density at radius 3 is 2.33 bits per heavy atom. The molecule has 18 heavy (non-hydrogen) atoms. The first-order valence-corrected chi connectivity index (χ1v) is 6.35. The van der Waals surface area contributed by atoms with E-state index in [2.05, 4.69) is 10.2 Å². The largest absolute Gasteiger partial charge is 0.430 e. The first-order chi connectivity index (χ1) is 8.56. The summed E-state index contributed by atoms with van der Waals surface area (Å²) >= 11 is 0. The number of aryl methyl sites for hydroxylation is 1. The van der Waals surface area contributed by atoms with Crippen LogP contribution in [0.25, 0.3) is 0 Å². The molecule has 4 nitrogen and oxygen atoms in total. The Balaban J connectivity index is 2.48. The molecular formula is C14H22N2O2. The van der Waals surface area contributed by atoms with Gasteiger partial charge >= 0.3 is 6.09 Å². The van der Waals surface area contributed by atoms with Crippen molar-refractivity contribution >= 4 is 11.8 Å². The smallest absolute Gasteiger partial charge is 0.413 e. The highest BCUT2D eigenvalue weighted by molar-refractivity contribution is 5.84. The second-order valence-electron chi connectivity index (χ2n) is 4.22. The van der Waals surface area contributed by atoms with Crippen molar-refractivity contribution in [3.63, 3.8) is 0 Å². The molecule has 1 rings (SSSR count). The second-order valence-corrected chi connectivity index (χ2v) is 4.22. The lowest BCUT2D eigenvalue weighted by atomic mass is 10.2. The van der Waals surface area contributed by atoms with Gasteiger partial charge in [-0.15, -0.1) is 0 Å². The van der Waals surface area contributed by atoms with Crippen LogP contribution in [0.1, 0.15) is 26.3 Å². The molecule has 0 bridgehead atoms. The average molecular weight is 250 g/mol. The topological polar surface area (TPSA) is 41.6 Å². The van der Waals surface area contributed by atoms with Gasteiger partial charge in [-0.3, -0.25) is 10.2 Å². The lowest BCUT2D eigenvalue weighted by Gasteiger charge is -2.25. The molecule has 0 saturated carbocycles. The minimum atomic E-state index is -0.418. The quantitative estimate of drug-likeness (QED) is 0.816. The Hall–Kier alpha value is -1.55. The molecule has 1 atom stereocenters. The SMILES string of the molecule is CCN(CC)C(C)OC(=O)Nc1ccc(C)cc1. The minimum absolute atomic E-state index is 0.217. The minimum Gasteiger partial charge on any atom is -0.430 e. The van der Waals surface area contributed by atoms with Gasteiger partial charge < -0.3 is 4.74 Å². The Morgan fingerprint density at radius 1 is 1.28 bits per heavy atom. The highest BCUT2D eigenvalue weighted by Gasteiger charge is 2.14. The molecule has 1 aromatic rings. The van der Waals surface area contributed by atoms with E-state index in [-0.39, 0.29) is 6.23 Å². The number of hydrogen-bond donors (Lipinski definition) is 1. The Kier molecular flexibility index (Phi) is 5.65. The predicted molar refractivity (Wildman–Crippen MR) is 73.7 cm³/mol. The molecule has 0 aliphatic heterocycles. The molecule has 0 heterocycles. The fourth-order valence-electron chi connectivity index (χ4n) is 1.75. The summed E-state index contributed by atoms with van der Waals surface area (Å²) in [5.41, 5.74) is 1.91. The van der Waals surface area contributed by atoms with Crippen LogP contribution in [0, 0.1) is 6.92 Å². The zero-order chi connectivity index (χ0) is 13.5. The first kappa shape index (κ1) is 14.5. The van der Waals surface area contributed by atoms with Gasteiger partial charge in [0.1, 0.15) is 0 Å². The van der Waals surface area contributed by atoms with Gasteiger partial charge in [-0.05, 0) is 39.1 Å². The number of ether oxygens (including phenoxy) is 1. The van der Waals surface area contributed by atoms with E-state index < -0.39 is 6.09 Å². The fraction of sp³-hybridized carbons (Fsp3) is 0.500. The maximum atomic E-state index is 11.7. The van der Waals surface area contributed by atoms with Gasteiger partial charge in [-0.1, -0.05) is 31.5 Å². The number of rotatable bonds is 5. The summed E-state index contributed by atoms with van der Waals surface area (Å²) in [7, 11) is 0. The second kappa shape index (κ2) is 7.01. The molecule has 0 aromatic heterocycles. The Morgan fingerprint density at radius 2 is 1.83 bits per heavy atom. The number of carbonyl (C=O) groups is 1. The van der Waals surface area contributed by atoms with Gasteiger partial charge in [0.05, 0.1) is 0 Å². The summed E-state index contributed by atoms with van der Waals surface area (Å²) in [5, 5.41) is 2.72. The number of hydrogen-bond acceptors (Lipinski definition) is 3. The van der Waals surface area contributed by atoms with Crippen LogP contribution in [0.4, 0.5) is 10.5 Å². The molecule has 1 amide bonds. The van der Waals surface area contributed by atoms with Crippen LogP contribution in [-0.2, 0) is 4.74 Å². The molecule has 0 saturated heterocycles. The number of nitrogens with one attached hydrogen (secondary N) is 1. The van der Waals surface area contributed by atoms with Crippen LogP contribution in [-0.4, -0.2) is 30.3 Å². The molecule has 0 fully saturated rings. The van der Waals surface area contributed by atoms with Gasteiger partial charge in [-0.25, -0.2) is 4.79 Å². The van der Waals surface area contributed by atoms with E-state index in [9.17, 15) is 4.79 Å².